The Kier molecular flexibility index (Phi) is 14.9. The SMILES string of the molecule is CCC(C)C1(OCC2OC(C(CC)(CC)OCC3OC(OCCCl)C(O)C(O)C3O)C(O)C(O)C2O)OC(CO)C(O)C(O)C1O. The number of hydrogen-bond donors (Lipinski definition) is 10. The van der Waals surface area contributed by atoms with E-state index in [-0.39, 0.29) is 31.9 Å². The number of halogens is 1. The summed E-state index contributed by atoms with van der Waals surface area (Å²) >= 11 is 5.66. The molecule has 272 valence electrons. The molecule has 0 aromatic carbocycles. The Morgan fingerprint density at radius 3 is 1.85 bits per heavy atom. The topological polar surface area (TPSA) is 258 Å². The van der Waals surface area contributed by atoms with Gasteiger partial charge >= 0.3 is 0 Å². The van der Waals surface area contributed by atoms with E-state index >= 15 is 0 Å². The van der Waals surface area contributed by atoms with E-state index in [1.807, 2.05) is 0 Å². The molecular weight excluding hydrogens is 640 g/mol. The zero-order valence-electron chi connectivity index (χ0n) is 26.6. The van der Waals surface area contributed by atoms with Crippen molar-refractivity contribution in [1.29, 1.82) is 0 Å². The first-order chi connectivity index (χ1) is 21.7. The second kappa shape index (κ2) is 17.0. The molecule has 0 aromatic rings. The van der Waals surface area contributed by atoms with Crippen molar-refractivity contribution in [2.75, 3.05) is 32.3 Å². The van der Waals surface area contributed by atoms with Crippen molar-refractivity contribution in [3.05, 3.63) is 0 Å². The molecule has 3 heterocycles. The van der Waals surface area contributed by atoms with Crippen molar-refractivity contribution in [2.45, 2.75) is 144 Å². The number of aliphatic hydroxyl groups excluding tert-OH is 10. The Morgan fingerprint density at radius 1 is 0.739 bits per heavy atom. The van der Waals surface area contributed by atoms with Crippen molar-refractivity contribution in [2.24, 2.45) is 5.92 Å². The molecule has 3 fully saturated rings. The van der Waals surface area contributed by atoms with E-state index in [0.29, 0.717) is 6.42 Å². The summed E-state index contributed by atoms with van der Waals surface area (Å²) in [4.78, 5) is 0. The summed E-state index contributed by atoms with van der Waals surface area (Å²) in [6, 6.07) is 0. The average molecular weight is 693 g/mol. The van der Waals surface area contributed by atoms with Gasteiger partial charge in [-0.2, -0.15) is 0 Å². The molecule has 0 aromatic heterocycles. The first kappa shape index (κ1) is 40.1. The molecule has 16 unspecified atom stereocenters. The molecule has 16 nitrogen and oxygen atoms in total. The zero-order chi connectivity index (χ0) is 34.6. The van der Waals surface area contributed by atoms with E-state index in [9.17, 15) is 51.1 Å². The molecule has 3 saturated heterocycles. The highest BCUT2D eigenvalue weighted by atomic mass is 35.5. The zero-order valence-corrected chi connectivity index (χ0v) is 27.4. The van der Waals surface area contributed by atoms with Crippen LogP contribution >= 0.6 is 11.6 Å². The fraction of sp³-hybridized carbons (Fsp3) is 1.00. The van der Waals surface area contributed by atoms with Gasteiger partial charge in [-0.1, -0.05) is 27.7 Å². The number of alkyl halides is 1. The summed E-state index contributed by atoms with van der Waals surface area (Å²) in [6.45, 7) is 5.32. The lowest BCUT2D eigenvalue weighted by Gasteiger charge is -2.52. The van der Waals surface area contributed by atoms with Crippen LogP contribution in [0.25, 0.3) is 0 Å². The molecule has 0 bridgehead atoms. The molecule has 3 aliphatic heterocycles. The van der Waals surface area contributed by atoms with Crippen molar-refractivity contribution in [3.8, 4) is 0 Å². The molecule has 0 amide bonds. The van der Waals surface area contributed by atoms with E-state index in [1.165, 1.54) is 0 Å². The number of hydrogen-bond acceptors (Lipinski definition) is 16. The van der Waals surface area contributed by atoms with Gasteiger partial charge in [0.25, 0.3) is 0 Å². The number of rotatable bonds is 15. The maximum Gasteiger partial charge on any atom is 0.200 e. The van der Waals surface area contributed by atoms with Crippen LogP contribution in [0.4, 0.5) is 0 Å². The molecular formula is C29H53ClO16. The fourth-order valence-electron chi connectivity index (χ4n) is 6.39. The summed E-state index contributed by atoms with van der Waals surface area (Å²) in [5.74, 6) is -2.47. The minimum atomic E-state index is -1.95. The quantitative estimate of drug-likeness (QED) is 0.0754. The molecule has 0 saturated carbocycles. The lowest BCUT2D eigenvalue weighted by Crippen LogP contribution is -2.70. The van der Waals surface area contributed by atoms with Gasteiger partial charge in [0, 0.05) is 11.8 Å². The Morgan fingerprint density at radius 2 is 1.30 bits per heavy atom. The molecule has 10 N–H and O–H groups in total. The van der Waals surface area contributed by atoms with Crippen molar-refractivity contribution >= 4 is 11.6 Å². The summed E-state index contributed by atoms with van der Waals surface area (Å²) < 4.78 is 35.3. The highest BCUT2D eigenvalue weighted by molar-refractivity contribution is 6.17. The van der Waals surface area contributed by atoms with E-state index in [0.717, 1.165) is 0 Å². The summed E-state index contributed by atoms with van der Waals surface area (Å²) in [5.41, 5.74) is -1.35. The van der Waals surface area contributed by atoms with Gasteiger partial charge in [-0.3, -0.25) is 0 Å². The standard InChI is InChI=1S/C29H53ClO16/c1-5-13(4)29(25(40)22(37)17(32)14(10-31)46-29)43-12-15-18(33)20(35)23(38)26(44-15)28(6-2,7-3)42-11-16-19(34)21(36)24(39)27(45-16)41-9-8-30/h13-27,31-40H,5-12H2,1-4H3. The molecule has 3 aliphatic rings. The van der Waals surface area contributed by atoms with E-state index < -0.39 is 116 Å². The maximum absolute atomic E-state index is 11.1. The lowest BCUT2D eigenvalue weighted by atomic mass is 9.81. The van der Waals surface area contributed by atoms with Crippen LogP contribution in [0, 0.1) is 5.92 Å². The highest BCUT2D eigenvalue weighted by Crippen LogP contribution is 2.41. The third-order valence-corrected chi connectivity index (χ3v) is 9.90. The second-order valence-corrected chi connectivity index (χ2v) is 12.7. The average Bonchev–Trinajstić information content (AvgIpc) is 3.06. The van der Waals surface area contributed by atoms with Gasteiger partial charge in [-0.15, -0.1) is 11.6 Å². The van der Waals surface area contributed by atoms with Gasteiger partial charge in [0.2, 0.25) is 0 Å². The third kappa shape index (κ3) is 7.84. The van der Waals surface area contributed by atoms with E-state index in [1.54, 1.807) is 27.7 Å². The molecule has 17 heteroatoms. The maximum atomic E-state index is 11.1. The Labute approximate surface area is 273 Å². The first-order valence-electron chi connectivity index (χ1n) is 15.9. The monoisotopic (exact) mass is 692 g/mol. The van der Waals surface area contributed by atoms with Crippen LogP contribution in [0.15, 0.2) is 0 Å². The van der Waals surface area contributed by atoms with Gasteiger partial charge in [0.1, 0.15) is 79.4 Å². The largest absolute Gasteiger partial charge is 0.394 e. The van der Waals surface area contributed by atoms with Gasteiger partial charge in [-0.05, 0) is 19.3 Å². The van der Waals surface area contributed by atoms with Crippen LogP contribution in [0.3, 0.4) is 0 Å². The molecule has 0 aliphatic carbocycles. The van der Waals surface area contributed by atoms with Gasteiger partial charge in [-0.25, -0.2) is 0 Å². The third-order valence-electron chi connectivity index (χ3n) is 9.75. The minimum absolute atomic E-state index is 0.000100. The highest BCUT2D eigenvalue weighted by Gasteiger charge is 2.58. The molecule has 16 atom stereocenters. The van der Waals surface area contributed by atoms with Crippen LogP contribution in [-0.4, -0.2) is 180 Å². The number of ether oxygens (including phenoxy) is 6. The Bertz CT molecular complexity index is 914. The smallest absolute Gasteiger partial charge is 0.200 e. The Balaban J connectivity index is 1.83. The predicted octanol–water partition coefficient (Wildman–Crippen LogP) is -3.29. The summed E-state index contributed by atoms with van der Waals surface area (Å²) in [6.07, 6.45) is -20.6. The van der Waals surface area contributed by atoms with Crippen LogP contribution in [0.1, 0.15) is 47.0 Å². The van der Waals surface area contributed by atoms with Crippen LogP contribution in [0.2, 0.25) is 0 Å². The first-order valence-corrected chi connectivity index (χ1v) is 16.4. The van der Waals surface area contributed by atoms with Crippen LogP contribution < -0.4 is 0 Å². The molecule has 46 heavy (non-hydrogen) atoms. The number of aliphatic hydroxyl groups is 10. The van der Waals surface area contributed by atoms with Crippen molar-refractivity contribution < 1.29 is 79.5 Å². The molecule has 0 spiro atoms. The fourth-order valence-corrected chi connectivity index (χ4v) is 6.48. The lowest BCUT2D eigenvalue weighted by molar-refractivity contribution is -0.390. The van der Waals surface area contributed by atoms with Gasteiger partial charge in [0.05, 0.1) is 32.0 Å². The van der Waals surface area contributed by atoms with Crippen LogP contribution in [0.5, 0.6) is 0 Å². The van der Waals surface area contributed by atoms with Crippen LogP contribution in [-0.2, 0) is 28.4 Å². The van der Waals surface area contributed by atoms with Crippen molar-refractivity contribution in [1.82, 2.24) is 0 Å². The summed E-state index contributed by atoms with van der Waals surface area (Å²) in [7, 11) is 0. The molecule has 3 rings (SSSR count). The Hall–Kier alpha value is -0.350. The van der Waals surface area contributed by atoms with Gasteiger partial charge in [0.15, 0.2) is 12.1 Å². The normalized spacial score (nSPS) is 44.7. The van der Waals surface area contributed by atoms with E-state index in [2.05, 4.69) is 0 Å². The van der Waals surface area contributed by atoms with Gasteiger partial charge < -0.3 is 79.5 Å². The predicted molar refractivity (Wildman–Crippen MR) is 157 cm³/mol. The van der Waals surface area contributed by atoms with Crippen molar-refractivity contribution in [3.63, 3.8) is 0 Å². The van der Waals surface area contributed by atoms with E-state index in [4.69, 9.17) is 40.0 Å². The molecule has 0 radical (unpaired) electrons. The second-order valence-electron chi connectivity index (χ2n) is 12.3. The summed E-state index contributed by atoms with van der Waals surface area (Å²) in [5, 5.41) is 106. The minimum Gasteiger partial charge on any atom is -0.394 e.